The van der Waals surface area contributed by atoms with Gasteiger partial charge in [0.15, 0.2) is 0 Å². The number of rotatable bonds is 1. The highest BCUT2D eigenvalue weighted by molar-refractivity contribution is 6.17. The second-order valence-electron chi connectivity index (χ2n) is 7.65. The molecule has 1 heterocycles. The summed E-state index contributed by atoms with van der Waals surface area (Å²) >= 11 is 0. The van der Waals surface area contributed by atoms with Crippen LogP contribution in [0.3, 0.4) is 0 Å². The predicted molar refractivity (Wildman–Crippen MR) is 124 cm³/mol. The van der Waals surface area contributed by atoms with Gasteiger partial charge in [-0.25, -0.2) is 4.98 Å². The van der Waals surface area contributed by atoms with Crippen molar-refractivity contribution in [2.75, 3.05) is 0 Å². The summed E-state index contributed by atoms with van der Waals surface area (Å²) in [5.41, 5.74) is 5.88. The van der Waals surface area contributed by atoms with Crippen LogP contribution < -0.4 is 0 Å². The van der Waals surface area contributed by atoms with Crippen LogP contribution in [0.5, 0.6) is 0 Å². The van der Waals surface area contributed by atoms with Gasteiger partial charge in [-0.3, -0.25) is 0 Å². The maximum Gasteiger partial charge on any atom is 0.0797 e. The largest absolute Gasteiger partial charge is 0.246 e. The first-order valence-electron chi connectivity index (χ1n) is 10.0. The van der Waals surface area contributed by atoms with Gasteiger partial charge < -0.3 is 0 Å². The second-order valence-corrected chi connectivity index (χ2v) is 7.65. The number of nitrogens with zero attached hydrogens (tertiary/aromatic N) is 1. The predicted octanol–water partition coefficient (Wildman–Crippen LogP) is 7.67. The molecule has 0 spiro atoms. The number of fused-ring (bicyclic) bond motifs is 5. The molecule has 136 valence electrons. The van der Waals surface area contributed by atoms with Gasteiger partial charge in [0.25, 0.3) is 0 Å². The van der Waals surface area contributed by atoms with Crippen molar-refractivity contribution in [3.05, 3.63) is 103 Å². The Morgan fingerprint density at radius 3 is 2.03 bits per heavy atom. The van der Waals surface area contributed by atoms with Crippen LogP contribution in [0.4, 0.5) is 0 Å². The molecule has 1 heteroatoms. The number of aryl methyl sites for hydroxylation is 1. The van der Waals surface area contributed by atoms with Crippen LogP contribution in [0, 0.1) is 6.92 Å². The molecule has 0 saturated carbocycles. The summed E-state index contributed by atoms with van der Waals surface area (Å²) in [7, 11) is 0. The average Bonchev–Trinajstić information content (AvgIpc) is 2.78. The van der Waals surface area contributed by atoms with Gasteiger partial charge in [-0.2, -0.15) is 0 Å². The third-order valence-electron chi connectivity index (χ3n) is 6.02. The van der Waals surface area contributed by atoms with Gasteiger partial charge in [-0.15, -0.1) is 0 Å². The van der Waals surface area contributed by atoms with Crippen molar-refractivity contribution in [2.24, 2.45) is 0 Å². The van der Waals surface area contributed by atoms with Crippen molar-refractivity contribution in [3.63, 3.8) is 0 Å². The molecule has 0 atom stereocenters. The van der Waals surface area contributed by atoms with Crippen molar-refractivity contribution < 1.29 is 0 Å². The molecule has 0 aliphatic rings. The van der Waals surface area contributed by atoms with Gasteiger partial charge in [0.05, 0.1) is 11.0 Å². The summed E-state index contributed by atoms with van der Waals surface area (Å²) < 4.78 is 0. The van der Waals surface area contributed by atoms with E-state index >= 15 is 0 Å². The molecule has 0 radical (unpaired) electrons. The summed E-state index contributed by atoms with van der Waals surface area (Å²) in [6, 6.07) is 34.5. The van der Waals surface area contributed by atoms with E-state index in [9.17, 15) is 0 Å². The van der Waals surface area contributed by atoms with E-state index in [4.69, 9.17) is 4.98 Å². The molecule has 0 aliphatic heterocycles. The van der Waals surface area contributed by atoms with Crippen molar-refractivity contribution >= 4 is 43.4 Å². The molecule has 1 aromatic heterocycles. The van der Waals surface area contributed by atoms with E-state index < -0.39 is 0 Å². The van der Waals surface area contributed by atoms with Crippen molar-refractivity contribution in [3.8, 4) is 11.1 Å². The molecule has 1 nitrogen and oxygen atoms in total. The van der Waals surface area contributed by atoms with E-state index in [-0.39, 0.29) is 0 Å². The van der Waals surface area contributed by atoms with Crippen LogP contribution in [0.2, 0.25) is 0 Å². The molecule has 0 fully saturated rings. The van der Waals surface area contributed by atoms with E-state index in [1.807, 2.05) is 0 Å². The number of hydrogen-bond donors (Lipinski definition) is 0. The zero-order valence-electron chi connectivity index (χ0n) is 16.2. The minimum atomic E-state index is 1.08. The zero-order valence-corrected chi connectivity index (χ0v) is 16.2. The van der Waals surface area contributed by atoms with E-state index in [0.717, 1.165) is 11.0 Å². The summed E-state index contributed by atoms with van der Waals surface area (Å²) in [5, 5.41) is 7.40. The molecule has 6 aromatic rings. The zero-order chi connectivity index (χ0) is 19.4. The smallest absolute Gasteiger partial charge is 0.0797 e. The lowest BCUT2D eigenvalue weighted by molar-refractivity contribution is 1.47. The Hall–Kier alpha value is -3.71. The Morgan fingerprint density at radius 1 is 0.517 bits per heavy atom. The van der Waals surface area contributed by atoms with Crippen molar-refractivity contribution in [1.29, 1.82) is 0 Å². The van der Waals surface area contributed by atoms with Gasteiger partial charge in [0, 0.05) is 21.7 Å². The number of hydrogen-bond acceptors (Lipinski definition) is 1. The minimum Gasteiger partial charge on any atom is -0.246 e. The average molecular weight is 369 g/mol. The molecule has 5 aromatic carbocycles. The molecule has 29 heavy (non-hydrogen) atoms. The van der Waals surface area contributed by atoms with Crippen LogP contribution in [0.25, 0.3) is 54.5 Å². The summed E-state index contributed by atoms with van der Waals surface area (Å²) in [4.78, 5) is 5.29. The van der Waals surface area contributed by atoms with Crippen LogP contribution >= 0.6 is 0 Å². The monoisotopic (exact) mass is 369 g/mol. The van der Waals surface area contributed by atoms with E-state index in [1.165, 1.54) is 49.0 Å². The maximum atomic E-state index is 5.29. The number of benzene rings is 5. The fraction of sp³-hybridized carbons (Fsp3) is 0.0357. The molecule has 0 bridgehead atoms. The molecule has 0 unspecified atom stereocenters. The highest BCUT2D eigenvalue weighted by Gasteiger charge is 2.15. The van der Waals surface area contributed by atoms with Crippen LogP contribution in [-0.4, -0.2) is 4.98 Å². The fourth-order valence-corrected chi connectivity index (χ4v) is 4.57. The molecule has 0 N–H and O–H groups in total. The van der Waals surface area contributed by atoms with E-state index in [0.29, 0.717) is 0 Å². The summed E-state index contributed by atoms with van der Waals surface area (Å²) in [5.74, 6) is 0. The van der Waals surface area contributed by atoms with Gasteiger partial charge >= 0.3 is 0 Å². The number of aromatic nitrogens is 1. The van der Waals surface area contributed by atoms with Crippen molar-refractivity contribution in [1.82, 2.24) is 4.98 Å². The molecule has 0 saturated heterocycles. The van der Waals surface area contributed by atoms with Crippen LogP contribution in [-0.2, 0) is 0 Å². The van der Waals surface area contributed by atoms with Gasteiger partial charge in [0.2, 0.25) is 0 Å². The maximum absolute atomic E-state index is 5.29. The van der Waals surface area contributed by atoms with Gasteiger partial charge in [-0.05, 0) is 40.3 Å². The van der Waals surface area contributed by atoms with Crippen LogP contribution in [0.1, 0.15) is 5.56 Å². The molecule has 6 rings (SSSR count). The SMILES string of the molecule is Cc1c2cc3ccccc3c(-c3ccccc3)c2nc2c1ccc1ccccc12. The first kappa shape index (κ1) is 16.3. The Balaban J connectivity index is 1.90. The number of pyridine rings is 1. The third kappa shape index (κ3) is 2.37. The fourth-order valence-electron chi connectivity index (χ4n) is 4.57. The lowest BCUT2D eigenvalue weighted by atomic mass is 9.91. The topological polar surface area (TPSA) is 12.9 Å². The molecule has 0 amide bonds. The molecular weight excluding hydrogens is 350 g/mol. The van der Waals surface area contributed by atoms with Gasteiger partial charge in [0.1, 0.15) is 0 Å². The van der Waals surface area contributed by atoms with E-state index in [1.54, 1.807) is 0 Å². The van der Waals surface area contributed by atoms with Gasteiger partial charge in [-0.1, -0.05) is 91.0 Å². The molecule has 0 aliphatic carbocycles. The summed E-state index contributed by atoms with van der Waals surface area (Å²) in [6.07, 6.45) is 0. The highest BCUT2D eigenvalue weighted by Crippen LogP contribution is 2.39. The minimum absolute atomic E-state index is 1.08. The first-order valence-corrected chi connectivity index (χ1v) is 10.0. The normalized spacial score (nSPS) is 11.6. The first-order chi connectivity index (χ1) is 14.3. The lowest BCUT2D eigenvalue weighted by Crippen LogP contribution is -1.93. The Bertz CT molecular complexity index is 1550. The lowest BCUT2D eigenvalue weighted by Gasteiger charge is -2.15. The summed E-state index contributed by atoms with van der Waals surface area (Å²) in [6.45, 7) is 2.23. The van der Waals surface area contributed by atoms with E-state index in [2.05, 4.69) is 104 Å². The molecular formula is C28H19N. The standard InChI is InChI=1S/C28H19N/c1-18-22-16-15-19-9-5-8-14-24(19)27(22)29-28-25(18)17-21-12-6-7-13-23(21)26(28)20-10-3-2-4-11-20/h2-17H,1H3. The highest BCUT2D eigenvalue weighted by atomic mass is 14.7. The Kier molecular flexibility index (Phi) is 3.45. The van der Waals surface area contributed by atoms with Crippen molar-refractivity contribution in [2.45, 2.75) is 6.92 Å². The third-order valence-corrected chi connectivity index (χ3v) is 6.02. The Morgan fingerprint density at radius 2 is 1.21 bits per heavy atom. The quantitative estimate of drug-likeness (QED) is 0.214. The Labute approximate surface area is 169 Å². The second kappa shape index (κ2) is 6.15. The van der Waals surface area contributed by atoms with Crippen LogP contribution in [0.15, 0.2) is 97.1 Å².